The molecule has 1 rings (SSSR count). The summed E-state index contributed by atoms with van der Waals surface area (Å²) in [4.78, 5) is 10.5. The SMILES string of the molecule is CC1CCC(CNCCC(C)(C)CCC(=O)O)O1. The summed E-state index contributed by atoms with van der Waals surface area (Å²) in [7, 11) is 0. The van der Waals surface area contributed by atoms with Gasteiger partial charge in [-0.05, 0) is 44.6 Å². The van der Waals surface area contributed by atoms with Gasteiger partial charge in [-0.1, -0.05) is 13.8 Å². The molecular weight excluding hydrogens is 230 g/mol. The Bertz CT molecular complexity index is 266. The molecule has 0 amide bonds. The highest BCUT2D eigenvalue weighted by Gasteiger charge is 2.22. The number of ether oxygens (including phenoxy) is 1. The van der Waals surface area contributed by atoms with E-state index < -0.39 is 5.97 Å². The van der Waals surface area contributed by atoms with Crippen LogP contribution in [-0.4, -0.2) is 36.4 Å². The molecule has 0 saturated carbocycles. The van der Waals surface area contributed by atoms with E-state index in [1.165, 1.54) is 0 Å². The minimum atomic E-state index is -0.704. The monoisotopic (exact) mass is 257 g/mol. The number of carboxylic acids is 1. The van der Waals surface area contributed by atoms with Crippen molar-refractivity contribution in [3.8, 4) is 0 Å². The van der Waals surface area contributed by atoms with Crippen LogP contribution in [0.2, 0.25) is 0 Å². The highest BCUT2D eigenvalue weighted by Crippen LogP contribution is 2.26. The molecule has 2 unspecified atom stereocenters. The van der Waals surface area contributed by atoms with E-state index in [-0.39, 0.29) is 11.8 Å². The molecule has 1 fully saturated rings. The van der Waals surface area contributed by atoms with Gasteiger partial charge in [0.15, 0.2) is 0 Å². The van der Waals surface area contributed by atoms with Gasteiger partial charge in [-0.2, -0.15) is 0 Å². The Morgan fingerprint density at radius 2 is 2.11 bits per heavy atom. The normalized spacial score (nSPS) is 24.4. The van der Waals surface area contributed by atoms with Crippen molar-refractivity contribution in [1.82, 2.24) is 5.32 Å². The molecule has 0 aromatic rings. The second-order valence-electron chi connectivity index (χ2n) is 6.16. The van der Waals surface area contributed by atoms with Gasteiger partial charge in [-0.25, -0.2) is 0 Å². The van der Waals surface area contributed by atoms with E-state index in [0.717, 1.165) is 38.8 Å². The van der Waals surface area contributed by atoms with Crippen LogP contribution >= 0.6 is 0 Å². The fourth-order valence-electron chi connectivity index (χ4n) is 2.30. The van der Waals surface area contributed by atoms with Crippen LogP contribution < -0.4 is 5.32 Å². The second kappa shape index (κ2) is 7.10. The maximum absolute atomic E-state index is 10.5. The smallest absolute Gasteiger partial charge is 0.303 e. The van der Waals surface area contributed by atoms with Gasteiger partial charge in [0.05, 0.1) is 12.2 Å². The first-order valence-electron chi connectivity index (χ1n) is 6.97. The molecule has 18 heavy (non-hydrogen) atoms. The van der Waals surface area contributed by atoms with Gasteiger partial charge in [-0.15, -0.1) is 0 Å². The van der Waals surface area contributed by atoms with Crippen LogP contribution in [0.25, 0.3) is 0 Å². The maximum Gasteiger partial charge on any atom is 0.303 e. The average Bonchev–Trinajstić information content (AvgIpc) is 2.68. The summed E-state index contributed by atoms with van der Waals surface area (Å²) in [5.41, 5.74) is 0.0925. The highest BCUT2D eigenvalue weighted by atomic mass is 16.5. The van der Waals surface area contributed by atoms with Gasteiger partial charge in [0.25, 0.3) is 0 Å². The van der Waals surface area contributed by atoms with Crippen LogP contribution in [0, 0.1) is 5.41 Å². The Balaban J connectivity index is 2.07. The first-order valence-corrected chi connectivity index (χ1v) is 6.97. The summed E-state index contributed by atoms with van der Waals surface area (Å²) in [6.07, 6.45) is 5.08. The van der Waals surface area contributed by atoms with Crippen molar-refractivity contribution in [2.45, 2.75) is 65.1 Å². The fourth-order valence-corrected chi connectivity index (χ4v) is 2.30. The van der Waals surface area contributed by atoms with E-state index in [1.54, 1.807) is 0 Å². The van der Waals surface area contributed by atoms with E-state index >= 15 is 0 Å². The number of hydrogen-bond donors (Lipinski definition) is 2. The molecule has 4 nitrogen and oxygen atoms in total. The quantitative estimate of drug-likeness (QED) is 0.656. The molecule has 2 atom stereocenters. The first-order chi connectivity index (χ1) is 8.39. The predicted octanol–water partition coefficient (Wildman–Crippen LogP) is 2.42. The largest absolute Gasteiger partial charge is 0.481 e. The zero-order chi connectivity index (χ0) is 13.6. The third kappa shape index (κ3) is 6.36. The lowest BCUT2D eigenvalue weighted by Gasteiger charge is -2.24. The topological polar surface area (TPSA) is 58.6 Å². The third-order valence-electron chi connectivity index (χ3n) is 3.69. The van der Waals surface area contributed by atoms with Gasteiger partial charge in [0, 0.05) is 13.0 Å². The standard InChI is InChI=1S/C14H27NO3/c1-11-4-5-12(18-11)10-15-9-8-14(2,3)7-6-13(16)17/h11-12,15H,4-10H2,1-3H3,(H,16,17). The number of hydrogen-bond acceptors (Lipinski definition) is 3. The molecule has 1 heterocycles. The minimum Gasteiger partial charge on any atom is -0.481 e. The molecule has 0 radical (unpaired) electrons. The molecule has 2 N–H and O–H groups in total. The molecule has 1 aliphatic rings. The van der Waals surface area contributed by atoms with Crippen molar-refractivity contribution in [2.24, 2.45) is 5.41 Å². The number of nitrogens with one attached hydrogen (secondary N) is 1. The van der Waals surface area contributed by atoms with Gasteiger partial charge in [0.2, 0.25) is 0 Å². The molecule has 0 aromatic heterocycles. The molecule has 0 spiro atoms. The zero-order valence-corrected chi connectivity index (χ0v) is 11.9. The van der Waals surface area contributed by atoms with Gasteiger partial charge < -0.3 is 15.2 Å². The molecule has 0 aliphatic carbocycles. The fraction of sp³-hybridized carbons (Fsp3) is 0.929. The van der Waals surface area contributed by atoms with Gasteiger partial charge in [-0.3, -0.25) is 4.79 Å². The Kier molecular flexibility index (Phi) is 6.09. The Morgan fingerprint density at radius 1 is 1.39 bits per heavy atom. The van der Waals surface area contributed by atoms with E-state index in [4.69, 9.17) is 9.84 Å². The van der Waals surface area contributed by atoms with Crippen LogP contribution in [-0.2, 0) is 9.53 Å². The Labute approximate surface area is 110 Å². The minimum absolute atomic E-state index is 0.0925. The van der Waals surface area contributed by atoms with Crippen molar-refractivity contribution in [3.05, 3.63) is 0 Å². The van der Waals surface area contributed by atoms with E-state index in [0.29, 0.717) is 12.2 Å². The van der Waals surface area contributed by atoms with Crippen LogP contribution in [0.1, 0.15) is 52.9 Å². The number of carboxylic acid groups (broad SMARTS) is 1. The highest BCUT2D eigenvalue weighted by molar-refractivity contribution is 5.66. The lowest BCUT2D eigenvalue weighted by atomic mass is 9.84. The van der Waals surface area contributed by atoms with E-state index in [1.807, 2.05) is 0 Å². The molecule has 0 bridgehead atoms. The summed E-state index contributed by atoms with van der Waals surface area (Å²) in [5, 5.41) is 12.1. The Morgan fingerprint density at radius 3 is 2.67 bits per heavy atom. The van der Waals surface area contributed by atoms with Crippen molar-refractivity contribution in [1.29, 1.82) is 0 Å². The zero-order valence-electron chi connectivity index (χ0n) is 11.9. The van der Waals surface area contributed by atoms with E-state index in [9.17, 15) is 4.79 Å². The molecule has 4 heteroatoms. The maximum atomic E-state index is 10.5. The third-order valence-corrected chi connectivity index (χ3v) is 3.69. The van der Waals surface area contributed by atoms with Crippen molar-refractivity contribution >= 4 is 5.97 Å². The van der Waals surface area contributed by atoms with Crippen molar-refractivity contribution in [3.63, 3.8) is 0 Å². The molecule has 106 valence electrons. The summed E-state index contributed by atoms with van der Waals surface area (Å²) < 4.78 is 5.73. The summed E-state index contributed by atoms with van der Waals surface area (Å²) in [6, 6.07) is 0. The van der Waals surface area contributed by atoms with E-state index in [2.05, 4.69) is 26.1 Å². The average molecular weight is 257 g/mol. The van der Waals surface area contributed by atoms with Crippen LogP contribution in [0.5, 0.6) is 0 Å². The molecule has 1 aliphatic heterocycles. The summed E-state index contributed by atoms with van der Waals surface area (Å²) in [5.74, 6) is -0.704. The van der Waals surface area contributed by atoms with Gasteiger partial charge >= 0.3 is 5.97 Å². The number of carbonyl (C=O) groups is 1. The van der Waals surface area contributed by atoms with Crippen LogP contribution in [0.3, 0.4) is 0 Å². The van der Waals surface area contributed by atoms with Crippen LogP contribution in [0.4, 0.5) is 0 Å². The summed E-state index contributed by atoms with van der Waals surface area (Å²) in [6.45, 7) is 8.23. The summed E-state index contributed by atoms with van der Waals surface area (Å²) >= 11 is 0. The number of rotatable bonds is 8. The predicted molar refractivity (Wildman–Crippen MR) is 71.7 cm³/mol. The van der Waals surface area contributed by atoms with Crippen molar-refractivity contribution in [2.75, 3.05) is 13.1 Å². The van der Waals surface area contributed by atoms with Crippen LogP contribution in [0.15, 0.2) is 0 Å². The molecule has 0 aromatic carbocycles. The van der Waals surface area contributed by atoms with Gasteiger partial charge in [0.1, 0.15) is 0 Å². The first kappa shape index (κ1) is 15.4. The molecule has 1 saturated heterocycles. The lowest BCUT2D eigenvalue weighted by Crippen LogP contribution is -2.30. The molecular formula is C14H27NO3. The van der Waals surface area contributed by atoms with Crippen molar-refractivity contribution < 1.29 is 14.6 Å². The lowest BCUT2D eigenvalue weighted by molar-refractivity contribution is -0.137. The Hall–Kier alpha value is -0.610. The number of aliphatic carboxylic acids is 1. The second-order valence-corrected chi connectivity index (χ2v) is 6.16.